The topological polar surface area (TPSA) is 58.4 Å². The zero-order valence-corrected chi connectivity index (χ0v) is 10.4. The summed E-state index contributed by atoms with van der Waals surface area (Å²) in [5.41, 5.74) is 5.86. The molecule has 18 heavy (non-hydrogen) atoms. The fraction of sp³-hybridized carbons (Fsp3) is 0.462. The highest BCUT2D eigenvalue weighted by atomic mass is 19.1. The lowest BCUT2D eigenvalue weighted by atomic mass is 10.1. The fourth-order valence-corrected chi connectivity index (χ4v) is 2.24. The number of hydrogen-bond acceptors (Lipinski definition) is 3. The van der Waals surface area contributed by atoms with Crippen molar-refractivity contribution < 1.29 is 9.18 Å². The molecule has 0 saturated carbocycles. The average molecular weight is 251 g/mol. The SMILES string of the molecule is CN1CCCC(NC(=O)c2ccc(F)c(N)c2)C1. The minimum absolute atomic E-state index is 0.00316. The molecule has 2 rings (SSSR count). The van der Waals surface area contributed by atoms with Crippen LogP contribution < -0.4 is 11.1 Å². The normalized spacial score (nSPS) is 20.7. The first-order valence-corrected chi connectivity index (χ1v) is 6.10. The van der Waals surface area contributed by atoms with Gasteiger partial charge in [-0.15, -0.1) is 0 Å². The number of carbonyl (C=O) groups is 1. The van der Waals surface area contributed by atoms with Gasteiger partial charge < -0.3 is 16.0 Å². The van der Waals surface area contributed by atoms with Crippen LogP contribution in [0, 0.1) is 5.82 Å². The number of likely N-dealkylation sites (tertiary alicyclic amines) is 1. The summed E-state index contributed by atoms with van der Waals surface area (Å²) in [6, 6.07) is 4.20. The van der Waals surface area contributed by atoms with Crippen LogP contribution in [0.5, 0.6) is 0 Å². The second kappa shape index (κ2) is 5.35. The number of nitrogens with one attached hydrogen (secondary N) is 1. The molecule has 1 unspecified atom stereocenters. The van der Waals surface area contributed by atoms with Gasteiger partial charge in [-0.25, -0.2) is 4.39 Å². The Labute approximate surface area is 106 Å². The minimum Gasteiger partial charge on any atom is -0.396 e. The van der Waals surface area contributed by atoms with E-state index in [9.17, 15) is 9.18 Å². The van der Waals surface area contributed by atoms with E-state index in [1.54, 1.807) is 0 Å². The second-order valence-electron chi connectivity index (χ2n) is 4.81. The lowest BCUT2D eigenvalue weighted by molar-refractivity contribution is 0.0912. The lowest BCUT2D eigenvalue weighted by Crippen LogP contribution is -2.46. The highest BCUT2D eigenvalue weighted by molar-refractivity contribution is 5.95. The molecule has 0 aromatic heterocycles. The Morgan fingerprint density at radius 2 is 2.33 bits per heavy atom. The number of hydrogen-bond donors (Lipinski definition) is 2. The highest BCUT2D eigenvalue weighted by Gasteiger charge is 2.19. The van der Waals surface area contributed by atoms with E-state index in [2.05, 4.69) is 10.2 Å². The standard InChI is InChI=1S/C13H18FN3O/c1-17-6-2-3-10(8-17)16-13(18)9-4-5-11(14)12(15)7-9/h4-5,7,10H,2-3,6,8,15H2,1H3,(H,16,18). The third-order valence-corrected chi connectivity index (χ3v) is 3.22. The lowest BCUT2D eigenvalue weighted by Gasteiger charge is -2.30. The Bertz CT molecular complexity index is 450. The van der Waals surface area contributed by atoms with Gasteiger partial charge in [0.05, 0.1) is 5.69 Å². The van der Waals surface area contributed by atoms with Gasteiger partial charge in [0, 0.05) is 18.2 Å². The zero-order chi connectivity index (χ0) is 13.1. The van der Waals surface area contributed by atoms with Crippen molar-refractivity contribution in [1.82, 2.24) is 10.2 Å². The van der Waals surface area contributed by atoms with Gasteiger partial charge in [0.1, 0.15) is 5.82 Å². The number of amides is 1. The van der Waals surface area contributed by atoms with Crippen LogP contribution in [-0.2, 0) is 0 Å². The Balaban J connectivity index is 2.00. The molecule has 0 bridgehead atoms. The number of benzene rings is 1. The summed E-state index contributed by atoms with van der Waals surface area (Å²) in [4.78, 5) is 14.2. The van der Waals surface area contributed by atoms with Crippen LogP contribution in [0.4, 0.5) is 10.1 Å². The Hall–Kier alpha value is -1.62. The van der Waals surface area contributed by atoms with Crippen LogP contribution in [0.25, 0.3) is 0 Å². The largest absolute Gasteiger partial charge is 0.396 e. The maximum Gasteiger partial charge on any atom is 0.251 e. The summed E-state index contributed by atoms with van der Waals surface area (Å²) in [6.07, 6.45) is 2.06. The molecule has 5 heteroatoms. The van der Waals surface area contributed by atoms with E-state index in [4.69, 9.17) is 5.73 Å². The van der Waals surface area contributed by atoms with E-state index in [1.165, 1.54) is 18.2 Å². The second-order valence-corrected chi connectivity index (χ2v) is 4.81. The molecule has 0 aliphatic carbocycles. The molecule has 1 aliphatic rings. The summed E-state index contributed by atoms with van der Waals surface area (Å²) >= 11 is 0. The zero-order valence-electron chi connectivity index (χ0n) is 10.4. The minimum atomic E-state index is -0.496. The van der Waals surface area contributed by atoms with Gasteiger partial charge in [0.25, 0.3) is 5.91 Å². The molecule has 1 aromatic rings. The van der Waals surface area contributed by atoms with E-state index >= 15 is 0 Å². The summed E-state index contributed by atoms with van der Waals surface area (Å²) in [6.45, 7) is 1.91. The summed E-state index contributed by atoms with van der Waals surface area (Å²) in [5.74, 6) is -0.689. The fourth-order valence-electron chi connectivity index (χ4n) is 2.24. The number of likely N-dealkylation sites (N-methyl/N-ethyl adjacent to an activating group) is 1. The molecule has 0 spiro atoms. The monoisotopic (exact) mass is 251 g/mol. The van der Waals surface area contributed by atoms with E-state index in [-0.39, 0.29) is 17.6 Å². The molecule has 0 radical (unpaired) electrons. The van der Waals surface area contributed by atoms with Crippen molar-refractivity contribution in [2.75, 3.05) is 25.9 Å². The van der Waals surface area contributed by atoms with Gasteiger partial charge >= 0.3 is 0 Å². The molecule has 1 atom stereocenters. The van der Waals surface area contributed by atoms with Gasteiger partial charge in [0.2, 0.25) is 0 Å². The first-order valence-electron chi connectivity index (χ1n) is 6.10. The first-order chi connectivity index (χ1) is 8.56. The van der Waals surface area contributed by atoms with Crippen LogP contribution in [-0.4, -0.2) is 37.0 Å². The van der Waals surface area contributed by atoms with E-state index in [0.29, 0.717) is 5.56 Å². The quantitative estimate of drug-likeness (QED) is 0.777. The van der Waals surface area contributed by atoms with Crippen molar-refractivity contribution >= 4 is 11.6 Å². The third kappa shape index (κ3) is 2.98. The number of anilines is 1. The van der Waals surface area contributed by atoms with Crippen molar-refractivity contribution in [2.24, 2.45) is 0 Å². The number of carbonyl (C=O) groups excluding carboxylic acids is 1. The van der Waals surface area contributed by atoms with Crippen molar-refractivity contribution in [2.45, 2.75) is 18.9 Å². The molecule has 1 heterocycles. The molecule has 1 aromatic carbocycles. The summed E-state index contributed by atoms with van der Waals surface area (Å²) < 4.78 is 13.0. The summed E-state index contributed by atoms with van der Waals surface area (Å²) in [7, 11) is 2.04. The predicted octanol–water partition coefficient (Wildman–Crippen LogP) is 1.23. The molecule has 1 aliphatic heterocycles. The van der Waals surface area contributed by atoms with Crippen molar-refractivity contribution in [3.63, 3.8) is 0 Å². The maximum absolute atomic E-state index is 13.0. The molecular weight excluding hydrogens is 233 g/mol. The smallest absolute Gasteiger partial charge is 0.251 e. The number of rotatable bonds is 2. The van der Waals surface area contributed by atoms with Gasteiger partial charge in [-0.3, -0.25) is 4.79 Å². The summed E-state index contributed by atoms with van der Waals surface area (Å²) in [5, 5.41) is 2.95. The van der Waals surface area contributed by atoms with E-state index in [0.717, 1.165) is 25.9 Å². The van der Waals surface area contributed by atoms with Crippen molar-refractivity contribution in [1.29, 1.82) is 0 Å². The Kier molecular flexibility index (Phi) is 3.81. The number of nitrogen functional groups attached to an aromatic ring is 1. The molecular formula is C13H18FN3O. The van der Waals surface area contributed by atoms with E-state index in [1.807, 2.05) is 7.05 Å². The average Bonchev–Trinajstić information content (AvgIpc) is 2.32. The van der Waals surface area contributed by atoms with Gasteiger partial charge in [-0.05, 0) is 44.6 Å². The van der Waals surface area contributed by atoms with Gasteiger partial charge in [-0.2, -0.15) is 0 Å². The molecule has 1 fully saturated rings. The van der Waals surface area contributed by atoms with Crippen LogP contribution in [0.3, 0.4) is 0 Å². The van der Waals surface area contributed by atoms with Crippen molar-refractivity contribution in [3.8, 4) is 0 Å². The Morgan fingerprint density at radius 1 is 1.56 bits per heavy atom. The van der Waals surface area contributed by atoms with Gasteiger partial charge in [0.15, 0.2) is 0 Å². The first kappa shape index (κ1) is 12.8. The molecule has 4 nitrogen and oxygen atoms in total. The van der Waals surface area contributed by atoms with Gasteiger partial charge in [-0.1, -0.05) is 0 Å². The van der Waals surface area contributed by atoms with Crippen molar-refractivity contribution in [3.05, 3.63) is 29.6 Å². The predicted molar refractivity (Wildman–Crippen MR) is 68.8 cm³/mol. The number of piperidine rings is 1. The van der Waals surface area contributed by atoms with Crippen LogP contribution >= 0.6 is 0 Å². The molecule has 1 amide bonds. The molecule has 3 N–H and O–H groups in total. The highest BCUT2D eigenvalue weighted by Crippen LogP contribution is 2.13. The number of halogens is 1. The maximum atomic E-state index is 13.0. The van der Waals surface area contributed by atoms with Crippen LogP contribution in [0.15, 0.2) is 18.2 Å². The molecule has 98 valence electrons. The number of nitrogens with two attached hydrogens (primary N) is 1. The van der Waals surface area contributed by atoms with Crippen LogP contribution in [0.1, 0.15) is 23.2 Å². The number of nitrogens with zero attached hydrogens (tertiary/aromatic N) is 1. The third-order valence-electron chi connectivity index (χ3n) is 3.22. The van der Waals surface area contributed by atoms with Crippen LogP contribution in [0.2, 0.25) is 0 Å². The van der Waals surface area contributed by atoms with E-state index < -0.39 is 5.82 Å². The Morgan fingerprint density at radius 3 is 3.00 bits per heavy atom. The molecule has 1 saturated heterocycles.